The van der Waals surface area contributed by atoms with Gasteiger partial charge in [0.1, 0.15) is 0 Å². The molecule has 0 aromatic heterocycles. The van der Waals surface area contributed by atoms with Gasteiger partial charge in [0, 0.05) is 6.54 Å². The summed E-state index contributed by atoms with van der Waals surface area (Å²) in [5.74, 6) is 0. The lowest BCUT2D eigenvalue weighted by atomic mass is 9.81. The van der Waals surface area contributed by atoms with Crippen molar-refractivity contribution in [1.29, 1.82) is 0 Å². The minimum Gasteiger partial charge on any atom is -0.437 e. The van der Waals surface area contributed by atoms with Crippen molar-refractivity contribution >= 4 is 12.6 Å². The summed E-state index contributed by atoms with van der Waals surface area (Å²) in [6, 6.07) is 10.2. The lowest BCUT2D eigenvalue weighted by molar-refractivity contribution is 0.304. The summed E-state index contributed by atoms with van der Waals surface area (Å²) in [6.45, 7) is 3.32. The molecule has 2 N–H and O–H groups in total. The Labute approximate surface area is 103 Å². The van der Waals surface area contributed by atoms with Crippen LogP contribution < -0.4 is 0 Å². The first-order chi connectivity index (χ1) is 8.22. The van der Waals surface area contributed by atoms with Crippen molar-refractivity contribution in [1.82, 2.24) is 4.81 Å². The van der Waals surface area contributed by atoms with Crippen LogP contribution in [0.1, 0.15) is 12.0 Å². The number of hydrogen-bond donors (Lipinski definition) is 2. The summed E-state index contributed by atoms with van der Waals surface area (Å²) in [7, 11) is -0.450. The Morgan fingerprint density at radius 1 is 1.29 bits per heavy atom. The molecular formula is C13H18BNO2. The van der Waals surface area contributed by atoms with Crippen LogP contribution in [0.5, 0.6) is 0 Å². The van der Waals surface area contributed by atoms with Gasteiger partial charge >= 0.3 is 7.05 Å². The highest BCUT2D eigenvalue weighted by Gasteiger charge is 2.23. The standard InChI is InChI=1S/C13H18BNO2/c1-14(17)15-8-7-13(12(9-15)10-16)11-5-3-2-4-6-11/h2-6,16-17H,7-10H2,1H3. The first-order valence-corrected chi connectivity index (χ1v) is 6.01. The Morgan fingerprint density at radius 2 is 2.00 bits per heavy atom. The van der Waals surface area contributed by atoms with E-state index in [9.17, 15) is 10.1 Å². The molecule has 0 saturated carbocycles. The van der Waals surface area contributed by atoms with E-state index in [0.29, 0.717) is 6.54 Å². The Kier molecular flexibility index (Phi) is 4.00. The molecule has 0 radical (unpaired) electrons. The van der Waals surface area contributed by atoms with E-state index in [1.165, 1.54) is 11.1 Å². The van der Waals surface area contributed by atoms with Crippen LogP contribution in [-0.2, 0) is 0 Å². The van der Waals surface area contributed by atoms with Gasteiger partial charge < -0.3 is 14.9 Å². The molecule has 0 amide bonds. The number of benzene rings is 1. The van der Waals surface area contributed by atoms with Crippen LogP contribution in [0.25, 0.3) is 5.57 Å². The van der Waals surface area contributed by atoms with Gasteiger partial charge in [0.15, 0.2) is 0 Å². The molecule has 17 heavy (non-hydrogen) atoms. The fourth-order valence-electron chi connectivity index (χ4n) is 2.30. The zero-order chi connectivity index (χ0) is 12.3. The topological polar surface area (TPSA) is 43.7 Å². The van der Waals surface area contributed by atoms with Gasteiger partial charge in [0.25, 0.3) is 0 Å². The lowest BCUT2D eigenvalue weighted by Crippen LogP contribution is -2.42. The van der Waals surface area contributed by atoms with Gasteiger partial charge in [-0.15, -0.1) is 0 Å². The molecule has 0 spiro atoms. The predicted molar refractivity (Wildman–Crippen MR) is 70.5 cm³/mol. The second kappa shape index (κ2) is 5.49. The molecular weight excluding hydrogens is 213 g/mol. The number of aliphatic hydroxyl groups excluding tert-OH is 1. The second-order valence-corrected chi connectivity index (χ2v) is 4.46. The molecule has 4 heteroatoms. The van der Waals surface area contributed by atoms with Gasteiger partial charge in [0.05, 0.1) is 6.61 Å². The average Bonchev–Trinajstić information content (AvgIpc) is 2.39. The van der Waals surface area contributed by atoms with E-state index in [0.717, 1.165) is 18.5 Å². The Hall–Kier alpha value is -1.10. The molecule has 0 aliphatic carbocycles. The van der Waals surface area contributed by atoms with Crippen molar-refractivity contribution in [3.8, 4) is 0 Å². The fourth-order valence-corrected chi connectivity index (χ4v) is 2.30. The zero-order valence-electron chi connectivity index (χ0n) is 10.1. The molecule has 1 aromatic carbocycles. The predicted octanol–water partition coefficient (Wildman–Crippen LogP) is 1.25. The molecule has 2 rings (SSSR count). The molecule has 1 aliphatic heterocycles. The van der Waals surface area contributed by atoms with E-state index in [1.807, 2.05) is 23.0 Å². The molecule has 0 bridgehead atoms. The lowest BCUT2D eigenvalue weighted by Gasteiger charge is -2.31. The van der Waals surface area contributed by atoms with Gasteiger partial charge in [-0.25, -0.2) is 0 Å². The Morgan fingerprint density at radius 3 is 2.59 bits per heavy atom. The van der Waals surface area contributed by atoms with E-state index < -0.39 is 7.05 Å². The number of nitrogens with zero attached hydrogens (tertiary/aromatic N) is 1. The average molecular weight is 231 g/mol. The van der Waals surface area contributed by atoms with Crippen LogP contribution in [0.15, 0.2) is 35.9 Å². The molecule has 90 valence electrons. The van der Waals surface area contributed by atoms with Crippen LogP contribution in [0.3, 0.4) is 0 Å². The molecule has 1 aromatic rings. The summed E-state index contributed by atoms with van der Waals surface area (Å²) >= 11 is 0. The second-order valence-electron chi connectivity index (χ2n) is 4.46. The van der Waals surface area contributed by atoms with Crippen molar-refractivity contribution in [2.24, 2.45) is 0 Å². The molecule has 1 heterocycles. The van der Waals surface area contributed by atoms with Gasteiger partial charge in [-0.1, -0.05) is 30.3 Å². The van der Waals surface area contributed by atoms with Crippen molar-refractivity contribution in [2.45, 2.75) is 13.2 Å². The highest BCUT2D eigenvalue weighted by molar-refractivity contribution is 6.45. The molecule has 0 atom stereocenters. The van der Waals surface area contributed by atoms with Crippen LogP contribution in [0, 0.1) is 0 Å². The van der Waals surface area contributed by atoms with Crippen LogP contribution in [0.4, 0.5) is 0 Å². The van der Waals surface area contributed by atoms with E-state index in [1.54, 1.807) is 6.82 Å². The largest absolute Gasteiger partial charge is 0.437 e. The minimum atomic E-state index is -0.450. The highest BCUT2D eigenvalue weighted by Crippen LogP contribution is 2.27. The summed E-state index contributed by atoms with van der Waals surface area (Å²) in [4.78, 5) is 1.97. The smallest absolute Gasteiger partial charge is 0.376 e. The molecule has 3 nitrogen and oxygen atoms in total. The zero-order valence-corrected chi connectivity index (χ0v) is 10.1. The monoisotopic (exact) mass is 231 g/mol. The summed E-state index contributed by atoms with van der Waals surface area (Å²) in [5.41, 5.74) is 3.43. The third kappa shape index (κ3) is 2.78. The fraction of sp³-hybridized carbons (Fsp3) is 0.385. The Bertz CT molecular complexity index is 403. The third-order valence-corrected chi connectivity index (χ3v) is 3.31. The van der Waals surface area contributed by atoms with Gasteiger partial charge in [-0.2, -0.15) is 0 Å². The maximum atomic E-state index is 9.57. The molecule has 0 unspecified atom stereocenters. The third-order valence-electron chi connectivity index (χ3n) is 3.31. The summed E-state index contributed by atoms with van der Waals surface area (Å²) in [5, 5.41) is 19.0. The quantitative estimate of drug-likeness (QED) is 0.769. The van der Waals surface area contributed by atoms with Gasteiger partial charge in [0.2, 0.25) is 0 Å². The van der Waals surface area contributed by atoms with Crippen LogP contribution >= 0.6 is 0 Å². The van der Waals surface area contributed by atoms with E-state index in [-0.39, 0.29) is 6.61 Å². The maximum Gasteiger partial charge on any atom is 0.376 e. The van der Waals surface area contributed by atoms with Gasteiger partial charge in [-0.3, -0.25) is 0 Å². The van der Waals surface area contributed by atoms with E-state index in [2.05, 4.69) is 12.1 Å². The first kappa shape index (κ1) is 12.4. The van der Waals surface area contributed by atoms with Crippen molar-refractivity contribution < 1.29 is 10.1 Å². The van der Waals surface area contributed by atoms with Gasteiger partial charge in [-0.05, 0) is 36.5 Å². The Balaban J connectivity index is 2.27. The molecule has 0 fully saturated rings. The first-order valence-electron chi connectivity index (χ1n) is 6.01. The SMILES string of the molecule is CB(O)N1CCC(c2ccccc2)=C(CO)C1. The van der Waals surface area contributed by atoms with Crippen molar-refractivity contribution in [2.75, 3.05) is 19.7 Å². The van der Waals surface area contributed by atoms with E-state index >= 15 is 0 Å². The van der Waals surface area contributed by atoms with Crippen molar-refractivity contribution in [3.05, 3.63) is 41.5 Å². The van der Waals surface area contributed by atoms with Crippen LogP contribution in [0.2, 0.25) is 6.82 Å². The minimum absolute atomic E-state index is 0.0629. The van der Waals surface area contributed by atoms with Crippen molar-refractivity contribution in [3.63, 3.8) is 0 Å². The summed E-state index contributed by atoms with van der Waals surface area (Å²) in [6.07, 6.45) is 0.880. The normalized spacial score (nSPS) is 17.4. The van der Waals surface area contributed by atoms with E-state index in [4.69, 9.17) is 0 Å². The number of hydrogen-bond acceptors (Lipinski definition) is 3. The number of aliphatic hydroxyl groups is 1. The molecule has 0 saturated heterocycles. The summed E-state index contributed by atoms with van der Waals surface area (Å²) < 4.78 is 0. The molecule has 1 aliphatic rings. The maximum absolute atomic E-state index is 9.57. The number of rotatable bonds is 3. The van der Waals surface area contributed by atoms with Crippen LogP contribution in [-0.4, -0.2) is 41.7 Å². The highest BCUT2D eigenvalue weighted by atomic mass is 16.3.